The van der Waals surface area contributed by atoms with Crippen LogP contribution in [-0.4, -0.2) is 19.9 Å². The smallest absolute Gasteiger partial charge is 0.252 e. The van der Waals surface area contributed by atoms with Crippen LogP contribution in [0.2, 0.25) is 0 Å². The molecule has 10 aromatic carbocycles. The Morgan fingerprint density at radius 2 is 0.988 bits per heavy atom. The Bertz CT molecular complexity index is 4250. The number of ether oxygens (including phenoxy) is 2. The Balaban J connectivity index is 1.07. The molecule has 3 aliphatic heterocycles. The fourth-order valence-electron chi connectivity index (χ4n) is 12.9. The highest BCUT2D eigenvalue weighted by Gasteiger charge is 2.46. The van der Waals surface area contributed by atoms with Crippen molar-refractivity contribution in [3.8, 4) is 56.0 Å². The number of aryl methyl sites for hydroxylation is 1. The predicted molar refractivity (Wildman–Crippen MR) is 352 cm³/mol. The molecule has 11 aromatic rings. The van der Waals surface area contributed by atoms with E-state index in [4.69, 9.17) is 9.47 Å². The van der Waals surface area contributed by atoms with Gasteiger partial charge in [0.05, 0.1) is 24.6 Å². The third-order valence-electron chi connectivity index (χ3n) is 17.3. The van der Waals surface area contributed by atoms with Crippen LogP contribution in [0, 0.1) is 6.92 Å². The number of thiophene rings is 1. The minimum atomic E-state index is -0.167. The molecule has 1 aromatic heterocycles. The zero-order valence-corrected chi connectivity index (χ0v) is 49.7. The molecule has 0 bridgehead atoms. The molecule has 0 amide bonds. The van der Waals surface area contributed by atoms with Crippen molar-refractivity contribution in [2.24, 2.45) is 0 Å². The zero-order chi connectivity index (χ0) is 56.4. The van der Waals surface area contributed by atoms with E-state index in [2.05, 4.69) is 279 Å². The number of fused-ring (bicyclic) bond motifs is 9. The van der Waals surface area contributed by atoms with Crippen molar-refractivity contribution < 1.29 is 9.47 Å². The molecule has 0 N–H and O–H groups in total. The summed E-state index contributed by atoms with van der Waals surface area (Å²) in [6.45, 7) is 23.9. The Labute approximate surface area is 488 Å². The molecule has 0 unspecified atom stereocenters. The van der Waals surface area contributed by atoms with Crippen molar-refractivity contribution in [2.75, 3.05) is 23.0 Å². The summed E-state index contributed by atoms with van der Waals surface area (Å²) in [4.78, 5) is 5.13. The van der Waals surface area contributed by atoms with Gasteiger partial charge in [-0.25, -0.2) is 0 Å². The lowest BCUT2D eigenvalue weighted by molar-refractivity contribution is 0.297. The fourth-order valence-corrected chi connectivity index (χ4v) is 14.0. The van der Waals surface area contributed by atoms with E-state index in [1.54, 1.807) is 0 Å². The molecule has 6 heteroatoms. The average molecular weight is 1090 g/mol. The molecule has 4 heterocycles. The summed E-state index contributed by atoms with van der Waals surface area (Å²) in [5.74, 6) is 1.58. The van der Waals surface area contributed by atoms with Crippen LogP contribution in [-0.2, 0) is 16.2 Å². The second kappa shape index (κ2) is 19.4. The van der Waals surface area contributed by atoms with Crippen LogP contribution in [0.5, 0.6) is 11.5 Å². The maximum atomic E-state index is 7.03. The standard InChI is InChI=1S/C76H69BN2O2S/c1-47-39-66-71-67(40-47)79(64-35-31-57(76(8,9)10)46-61(64)50-17-12-11-13-18-50)72-62(33-36-68-73(72)81-38-16-37-80-68)77(71)63-44-51(52-25-32-60-59-19-14-15-20-69(59)82-70(60)45-52)26-34-65(63)78(66)58-42-53(48-21-27-55(28-22-48)74(2,3)4)41-54(43-58)49-23-29-56(30-24-49)75(5,6)7/h11-15,17-36,39-46H,16,37-38H2,1-10H3. The van der Waals surface area contributed by atoms with Gasteiger partial charge in [-0.3, -0.25) is 0 Å². The Morgan fingerprint density at radius 1 is 0.415 bits per heavy atom. The van der Waals surface area contributed by atoms with E-state index in [9.17, 15) is 0 Å². The van der Waals surface area contributed by atoms with Gasteiger partial charge < -0.3 is 19.3 Å². The number of hydrogen-bond donors (Lipinski definition) is 0. The highest BCUT2D eigenvalue weighted by atomic mass is 32.1. The Morgan fingerprint density at radius 3 is 1.67 bits per heavy atom. The number of hydrogen-bond acceptors (Lipinski definition) is 5. The van der Waals surface area contributed by atoms with E-state index in [1.165, 1.54) is 97.8 Å². The first kappa shape index (κ1) is 51.8. The Kier molecular flexibility index (Phi) is 12.3. The summed E-state index contributed by atoms with van der Waals surface area (Å²) in [5.41, 5.74) is 24.9. The van der Waals surface area contributed by atoms with Crippen LogP contribution in [0.3, 0.4) is 0 Å². The van der Waals surface area contributed by atoms with Gasteiger partial charge in [-0.05, 0) is 167 Å². The summed E-state index contributed by atoms with van der Waals surface area (Å²) in [5, 5.41) is 2.61. The molecule has 0 radical (unpaired) electrons. The lowest BCUT2D eigenvalue weighted by Gasteiger charge is -2.45. The molecule has 4 nitrogen and oxygen atoms in total. The molecule has 0 atom stereocenters. The summed E-state index contributed by atoms with van der Waals surface area (Å²) in [6.07, 6.45) is 0.802. The SMILES string of the molecule is Cc1cc2c3c(c1)N(c1ccc(C(C)(C)C)cc1-c1ccccc1)c1c(ccc4c1OCCCO4)B3c1cc(-c3ccc4c(c3)sc3ccccc34)ccc1N2c1cc(-c2ccc(C(C)(C)C)cc2)cc(-c2ccc(C(C)(C)C)cc2)c1. The quantitative estimate of drug-likeness (QED) is 0.155. The molecule has 3 aliphatic rings. The van der Waals surface area contributed by atoms with E-state index in [1.807, 2.05) is 11.3 Å². The van der Waals surface area contributed by atoms with E-state index in [0.29, 0.717) is 13.2 Å². The van der Waals surface area contributed by atoms with Gasteiger partial charge in [0.25, 0.3) is 6.71 Å². The summed E-state index contributed by atoms with van der Waals surface area (Å²) >= 11 is 1.87. The van der Waals surface area contributed by atoms with Crippen LogP contribution in [0.25, 0.3) is 64.7 Å². The van der Waals surface area contributed by atoms with Gasteiger partial charge in [0.2, 0.25) is 0 Å². The summed E-state index contributed by atoms with van der Waals surface area (Å²) in [7, 11) is 0. The van der Waals surface area contributed by atoms with Crippen molar-refractivity contribution in [1.82, 2.24) is 0 Å². The highest BCUT2D eigenvalue weighted by molar-refractivity contribution is 7.25. The van der Waals surface area contributed by atoms with Crippen LogP contribution in [0.15, 0.2) is 200 Å². The molecular formula is C76H69BN2O2S. The van der Waals surface area contributed by atoms with Crippen LogP contribution < -0.4 is 35.7 Å². The highest BCUT2D eigenvalue weighted by Crippen LogP contribution is 2.53. The van der Waals surface area contributed by atoms with Gasteiger partial charge in [-0.2, -0.15) is 0 Å². The molecule has 0 spiro atoms. The lowest BCUT2D eigenvalue weighted by Crippen LogP contribution is -2.61. The maximum Gasteiger partial charge on any atom is 0.252 e. The average Bonchev–Trinajstić information content (AvgIpc) is 1.73. The second-order valence-electron chi connectivity index (χ2n) is 26.1. The first-order valence-corrected chi connectivity index (χ1v) is 30.1. The molecule has 14 rings (SSSR count). The maximum absolute atomic E-state index is 7.03. The van der Waals surface area contributed by atoms with Gasteiger partial charge in [0.1, 0.15) is 0 Å². The summed E-state index contributed by atoms with van der Waals surface area (Å²) < 4.78 is 16.3. The molecule has 0 saturated heterocycles. The van der Waals surface area contributed by atoms with Gasteiger partial charge >= 0.3 is 0 Å². The van der Waals surface area contributed by atoms with Crippen molar-refractivity contribution in [3.63, 3.8) is 0 Å². The van der Waals surface area contributed by atoms with Crippen molar-refractivity contribution >= 4 is 88.7 Å². The van der Waals surface area contributed by atoms with Crippen LogP contribution in [0.4, 0.5) is 34.1 Å². The largest absolute Gasteiger partial charge is 0.489 e. The van der Waals surface area contributed by atoms with E-state index in [-0.39, 0.29) is 23.0 Å². The minimum Gasteiger partial charge on any atom is -0.489 e. The van der Waals surface area contributed by atoms with E-state index < -0.39 is 0 Å². The molecule has 404 valence electrons. The van der Waals surface area contributed by atoms with E-state index in [0.717, 1.165) is 57.6 Å². The van der Waals surface area contributed by atoms with Crippen LogP contribution >= 0.6 is 11.3 Å². The van der Waals surface area contributed by atoms with E-state index >= 15 is 0 Å². The first-order valence-electron chi connectivity index (χ1n) is 29.2. The molecular weight excluding hydrogens is 1020 g/mol. The van der Waals surface area contributed by atoms with Gasteiger partial charge in [0, 0.05) is 54.9 Å². The second-order valence-corrected chi connectivity index (χ2v) is 27.1. The van der Waals surface area contributed by atoms with Crippen molar-refractivity contribution in [2.45, 2.75) is 91.9 Å². The molecule has 0 fully saturated rings. The number of anilines is 6. The van der Waals surface area contributed by atoms with Crippen molar-refractivity contribution in [1.29, 1.82) is 0 Å². The normalized spacial score (nSPS) is 14.0. The molecule has 0 aliphatic carbocycles. The van der Waals surface area contributed by atoms with Gasteiger partial charge in [0.15, 0.2) is 11.5 Å². The third-order valence-corrected chi connectivity index (χ3v) is 18.5. The monoisotopic (exact) mass is 1080 g/mol. The number of nitrogens with zero attached hydrogens (tertiary/aromatic N) is 2. The third kappa shape index (κ3) is 8.89. The molecule has 82 heavy (non-hydrogen) atoms. The fraction of sp³-hybridized carbons (Fsp3) is 0.211. The Hall–Kier alpha value is -8.32. The predicted octanol–water partition coefficient (Wildman–Crippen LogP) is 19.2. The van der Waals surface area contributed by atoms with Crippen molar-refractivity contribution in [3.05, 3.63) is 222 Å². The lowest BCUT2D eigenvalue weighted by atomic mass is 9.33. The minimum absolute atomic E-state index is 0.0296. The zero-order valence-electron chi connectivity index (χ0n) is 48.9. The number of benzene rings is 10. The topological polar surface area (TPSA) is 24.9 Å². The van der Waals surface area contributed by atoms with Gasteiger partial charge in [-0.1, -0.05) is 196 Å². The van der Waals surface area contributed by atoms with Crippen LogP contribution in [0.1, 0.15) is 91.0 Å². The number of rotatable bonds is 6. The molecule has 0 saturated carbocycles. The van der Waals surface area contributed by atoms with Gasteiger partial charge in [-0.15, -0.1) is 11.3 Å². The first-order chi connectivity index (χ1) is 39.4. The summed E-state index contributed by atoms with van der Waals surface area (Å²) in [6, 6.07) is 76.4.